The third-order valence-corrected chi connectivity index (χ3v) is 4.19. The van der Waals surface area contributed by atoms with E-state index >= 15 is 0 Å². The second-order valence-corrected chi connectivity index (χ2v) is 5.98. The maximum atomic E-state index is 12.2. The number of hydrogen-bond acceptors (Lipinski definition) is 3. The van der Waals surface area contributed by atoms with Crippen LogP contribution in [-0.4, -0.2) is 27.7 Å². The molecule has 1 aliphatic rings. The Balaban J connectivity index is 1.87. The second kappa shape index (κ2) is 7.17. The molecule has 1 aromatic heterocycles. The molecule has 1 aromatic carbocycles. The Bertz CT molecular complexity index is 863. The minimum atomic E-state index is -0.843. The van der Waals surface area contributed by atoms with Crippen LogP contribution in [0.3, 0.4) is 0 Å². The Morgan fingerprint density at radius 3 is 2.76 bits per heavy atom. The summed E-state index contributed by atoms with van der Waals surface area (Å²) in [6, 6.07) is 9.81. The Labute approximate surface area is 145 Å². The summed E-state index contributed by atoms with van der Waals surface area (Å²) in [4.78, 5) is 26.1. The number of carboxylic acids is 1. The highest BCUT2D eigenvalue weighted by Gasteiger charge is 2.23. The van der Waals surface area contributed by atoms with E-state index in [0.717, 1.165) is 22.4 Å². The van der Waals surface area contributed by atoms with E-state index in [0.29, 0.717) is 24.1 Å². The van der Waals surface area contributed by atoms with Gasteiger partial charge in [0.25, 0.3) is 5.91 Å². The number of carbonyl (C=O) groups is 2. The van der Waals surface area contributed by atoms with Crippen LogP contribution in [0.1, 0.15) is 28.8 Å². The van der Waals surface area contributed by atoms with Gasteiger partial charge < -0.3 is 10.1 Å². The normalized spacial score (nSPS) is 15.3. The van der Waals surface area contributed by atoms with Gasteiger partial charge >= 0.3 is 5.97 Å². The van der Waals surface area contributed by atoms with Crippen molar-refractivity contribution in [1.82, 2.24) is 10.4 Å². The molecule has 0 unspecified atom stereocenters. The van der Waals surface area contributed by atoms with Crippen molar-refractivity contribution in [2.45, 2.75) is 26.2 Å². The Morgan fingerprint density at radius 1 is 1.28 bits per heavy atom. The van der Waals surface area contributed by atoms with Gasteiger partial charge in [-0.1, -0.05) is 30.3 Å². The topological polar surface area (TPSA) is 94.5 Å². The largest absolute Gasteiger partial charge is 0.481 e. The standard InChI is InChI=1S/C19H19N3O3/c1-12-11-20-16(14(12)7-8-18(23)24)10-15-17(21-22-19(15)25)9-13-5-3-2-4-6-13/h2-6,10-11,20H,7-9H2,1H3,(H,22,25)(H,23,24)/b15-10+. The molecule has 6 nitrogen and oxygen atoms in total. The Kier molecular flexibility index (Phi) is 4.79. The van der Waals surface area contributed by atoms with Crippen LogP contribution in [0, 0.1) is 6.92 Å². The quantitative estimate of drug-likeness (QED) is 0.707. The lowest BCUT2D eigenvalue weighted by atomic mass is 9.99. The number of H-pyrrole nitrogens is 1. The summed E-state index contributed by atoms with van der Waals surface area (Å²) in [5.74, 6) is -1.09. The van der Waals surface area contributed by atoms with E-state index in [1.165, 1.54) is 0 Å². The van der Waals surface area contributed by atoms with Gasteiger partial charge in [0, 0.05) is 24.7 Å². The second-order valence-electron chi connectivity index (χ2n) is 5.98. The number of carboxylic acid groups (broad SMARTS) is 1. The number of aliphatic carboxylic acids is 1. The number of hydrogen-bond donors (Lipinski definition) is 3. The van der Waals surface area contributed by atoms with E-state index in [1.54, 1.807) is 6.08 Å². The van der Waals surface area contributed by atoms with E-state index in [4.69, 9.17) is 5.11 Å². The predicted molar refractivity (Wildman–Crippen MR) is 95.2 cm³/mol. The highest BCUT2D eigenvalue weighted by Crippen LogP contribution is 2.21. The summed E-state index contributed by atoms with van der Waals surface area (Å²) in [7, 11) is 0. The van der Waals surface area contributed by atoms with Gasteiger partial charge in [-0.3, -0.25) is 9.59 Å². The van der Waals surface area contributed by atoms with E-state index in [1.807, 2.05) is 43.5 Å². The third-order valence-electron chi connectivity index (χ3n) is 4.19. The zero-order chi connectivity index (χ0) is 17.8. The van der Waals surface area contributed by atoms with Crippen LogP contribution in [0.25, 0.3) is 6.08 Å². The van der Waals surface area contributed by atoms with Gasteiger partial charge in [-0.2, -0.15) is 5.10 Å². The zero-order valence-electron chi connectivity index (χ0n) is 13.9. The monoisotopic (exact) mass is 337 g/mol. The van der Waals surface area contributed by atoms with Crippen molar-refractivity contribution in [3.63, 3.8) is 0 Å². The molecule has 0 atom stereocenters. The number of aryl methyl sites for hydroxylation is 1. The van der Waals surface area contributed by atoms with Crippen LogP contribution in [0.2, 0.25) is 0 Å². The first-order valence-electron chi connectivity index (χ1n) is 8.06. The minimum Gasteiger partial charge on any atom is -0.481 e. The lowest BCUT2D eigenvalue weighted by Crippen LogP contribution is -2.14. The van der Waals surface area contributed by atoms with Crippen molar-refractivity contribution in [3.8, 4) is 0 Å². The number of aromatic nitrogens is 1. The number of hydrazone groups is 1. The SMILES string of the molecule is Cc1c[nH]c(/C=C2/C(=O)NN=C2Cc2ccccc2)c1CCC(=O)O. The van der Waals surface area contributed by atoms with Crippen LogP contribution in [0.15, 0.2) is 47.2 Å². The molecule has 2 aromatic rings. The summed E-state index contributed by atoms with van der Waals surface area (Å²) in [5, 5.41) is 13.1. The third kappa shape index (κ3) is 3.85. The highest BCUT2D eigenvalue weighted by atomic mass is 16.4. The minimum absolute atomic E-state index is 0.0476. The molecule has 0 fully saturated rings. The van der Waals surface area contributed by atoms with Crippen molar-refractivity contribution in [2.75, 3.05) is 0 Å². The fraction of sp³-hybridized carbons (Fsp3) is 0.211. The van der Waals surface area contributed by atoms with Crippen LogP contribution in [0.4, 0.5) is 0 Å². The maximum Gasteiger partial charge on any atom is 0.303 e. The summed E-state index contributed by atoms with van der Waals surface area (Å²) in [5.41, 5.74) is 7.40. The number of amides is 1. The smallest absolute Gasteiger partial charge is 0.303 e. The lowest BCUT2D eigenvalue weighted by Gasteiger charge is -2.04. The molecular weight excluding hydrogens is 318 g/mol. The van der Waals surface area contributed by atoms with Crippen LogP contribution in [-0.2, 0) is 22.4 Å². The molecular formula is C19H19N3O3. The summed E-state index contributed by atoms with van der Waals surface area (Å²) in [6.07, 6.45) is 4.59. The number of benzene rings is 1. The van der Waals surface area contributed by atoms with Crippen LogP contribution >= 0.6 is 0 Å². The van der Waals surface area contributed by atoms with Crippen molar-refractivity contribution in [3.05, 3.63) is 64.5 Å². The summed E-state index contributed by atoms with van der Waals surface area (Å²) in [6.45, 7) is 1.92. The maximum absolute atomic E-state index is 12.2. The van der Waals surface area contributed by atoms with E-state index in [9.17, 15) is 9.59 Å². The molecule has 1 amide bonds. The van der Waals surface area contributed by atoms with Crippen molar-refractivity contribution >= 4 is 23.7 Å². The van der Waals surface area contributed by atoms with Crippen molar-refractivity contribution in [1.29, 1.82) is 0 Å². The van der Waals surface area contributed by atoms with Gasteiger partial charge in [0.05, 0.1) is 11.3 Å². The molecule has 0 bridgehead atoms. The molecule has 0 saturated heterocycles. The van der Waals surface area contributed by atoms with Crippen LogP contribution in [0.5, 0.6) is 0 Å². The van der Waals surface area contributed by atoms with Gasteiger partial charge in [0.15, 0.2) is 0 Å². The summed E-state index contributed by atoms with van der Waals surface area (Å²) < 4.78 is 0. The fourth-order valence-electron chi connectivity index (χ4n) is 2.85. The molecule has 0 radical (unpaired) electrons. The van der Waals surface area contributed by atoms with E-state index < -0.39 is 5.97 Å². The molecule has 3 rings (SSSR count). The fourth-order valence-corrected chi connectivity index (χ4v) is 2.85. The number of nitrogens with zero attached hydrogens (tertiary/aromatic N) is 1. The molecule has 0 saturated carbocycles. The van der Waals surface area contributed by atoms with Crippen molar-refractivity contribution in [2.24, 2.45) is 5.10 Å². The number of carbonyl (C=O) groups excluding carboxylic acids is 1. The van der Waals surface area contributed by atoms with E-state index in [2.05, 4.69) is 15.5 Å². The van der Waals surface area contributed by atoms with Crippen LogP contribution < -0.4 is 5.43 Å². The number of rotatable bonds is 6. The summed E-state index contributed by atoms with van der Waals surface area (Å²) >= 11 is 0. The highest BCUT2D eigenvalue weighted by molar-refractivity contribution is 6.27. The number of aromatic amines is 1. The molecule has 25 heavy (non-hydrogen) atoms. The Hall–Kier alpha value is -3.15. The predicted octanol–water partition coefficient (Wildman–Crippen LogP) is 2.45. The average molecular weight is 337 g/mol. The molecule has 0 spiro atoms. The van der Waals surface area contributed by atoms with Gasteiger partial charge in [-0.05, 0) is 36.1 Å². The first-order valence-corrected chi connectivity index (χ1v) is 8.06. The first-order chi connectivity index (χ1) is 12.0. The molecule has 3 N–H and O–H groups in total. The molecule has 128 valence electrons. The average Bonchev–Trinajstić information content (AvgIpc) is 3.11. The molecule has 2 heterocycles. The molecule has 6 heteroatoms. The van der Waals surface area contributed by atoms with Crippen molar-refractivity contribution < 1.29 is 14.7 Å². The number of nitrogens with one attached hydrogen (secondary N) is 2. The van der Waals surface area contributed by atoms with Gasteiger partial charge in [-0.15, -0.1) is 0 Å². The van der Waals surface area contributed by atoms with Gasteiger partial charge in [0.2, 0.25) is 0 Å². The molecule has 1 aliphatic heterocycles. The van der Waals surface area contributed by atoms with E-state index in [-0.39, 0.29) is 12.3 Å². The molecule has 0 aliphatic carbocycles. The lowest BCUT2D eigenvalue weighted by molar-refractivity contribution is -0.137. The zero-order valence-corrected chi connectivity index (χ0v) is 13.9. The Morgan fingerprint density at radius 2 is 2.04 bits per heavy atom. The van der Waals surface area contributed by atoms with Gasteiger partial charge in [0.1, 0.15) is 0 Å². The van der Waals surface area contributed by atoms with Gasteiger partial charge in [-0.25, -0.2) is 5.43 Å². The first kappa shape index (κ1) is 16.7.